The third-order valence-electron chi connectivity index (χ3n) is 4.02. The van der Waals surface area contributed by atoms with Crippen LogP contribution in [0.1, 0.15) is 31.2 Å². The van der Waals surface area contributed by atoms with E-state index in [9.17, 15) is 9.90 Å². The normalized spacial score (nSPS) is 18.8. The van der Waals surface area contributed by atoms with E-state index in [1.54, 1.807) is 7.11 Å². The third-order valence-corrected chi connectivity index (χ3v) is 4.61. The molecule has 3 rings (SSSR count). The predicted octanol–water partition coefficient (Wildman–Crippen LogP) is 3.13. The van der Waals surface area contributed by atoms with Gasteiger partial charge in [0.05, 0.1) is 31.2 Å². The summed E-state index contributed by atoms with van der Waals surface area (Å²) in [7, 11) is 1.59. The van der Waals surface area contributed by atoms with E-state index in [0.717, 1.165) is 29.3 Å². The minimum atomic E-state index is -0.808. The van der Waals surface area contributed by atoms with E-state index in [4.69, 9.17) is 14.2 Å². The molecular formula is C15H17BrO5. The fourth-order valence-corrected chi connectivity index (χ4v) is 3.46. The summed E-state index contributed by atoms with van der Waals surface area (Å²) in [6.45, 7) is 1.16. The fraction of sp³-hybridized carbons (Fsp3) is 0.533. The first kappa shape index (κ1) is 14.5. The molecule has 0 saturated heterocycles. The van der Waals surface area contributed by atoms with Crippen LogP contribution in [0.5, 0.6) is 17.2 Å². The molecule has 0 unspecified atom stereocenters. The minimum Gasteiger partial charge on any atom is -0.495 e. The largest absolute Gasteiger partial charge is 0.495 e. The van der Waals surface area contributed by atoms with Crippen molar-refractivity contribution >= 4 is 21.9 Å². The van der Waals surface area contributed by atoms with E-state index in [1.165, 1.54) is 0 Å². The second kappa shape index (κ2) is 5.40. The molecule has 1 heterocycles. The van der Waals surface area contributed by atoms with Gasteiger partial charge in [-0.1, -0.05) is 0 Å². The van der Waals surface area contributed by atoms with Gasteiger partial charge in [0.1, 0.15) is 5.75 Å². The zero-order chi connectivity index (χ0) is 15.0. The van der Waals surface area contributed by atoms with Crippen molar-refractivity contribution in [3.8, 4) is 17.2 Å². The van der Waals surface area contributed by atoms with E-state index < -0.39 is 11.4 Å². The number of fused-ring (bicyclic) bond motifs is 1. The molecule has 0 bridgehead atoms. The van der Waals surface area contributed by atoms with Crippen molar-refractivity contribution in [3.63, 3.8) is 0 Å². The summed E-state index contributed by atoms with van der Waals surface area (Å²) in [5, 5.41) is 9.22. The van der Waals surface area contributed by atoms with Gasteiger partial charge in [-0.3, -0.25) is 4.79 Å². The van der Waals surface area contributed by atoms with Crippen molar-refractivity contribution in [1.82, 2.24) is 0 Å². The Balaban J connectivity index is 2.17. The van der Waals surface area contributed by atoms with E-state index in [2.05, 4.69) is 15.9 Å². The van der Waals surface area contributed by atoms with Crippen molar-refractivity contribution in [1.29, 1.82) is 0 Å². The van der Waals surface area contributed by atoms with Gasteiger partial charge in [0.2, 0.25) is 0 Å². The van der Waals surface area contributed by atoms with Crippen LogP contribution < -0.4 is 14.2 Å². The molecule has 1 fully saturated rings. The number of carboxylic acids is 1. The van der Waals surface area contributed by atoms with Gasteiger partial charge in [-0.2, -0.15) is 0 Å². The van der Waals surface area contributed by atoms with Gasteiger partial charge in [-0.05, 0) is 28.8 Å². The molecule has 0 spiro atoms. The Kier molecular flexibility index (Phi) is 3.73. The summed E-state index contributed by atoms with van der Waals surface area (Å²) in [6.07, 6.45) is 2.53. The average molecular weight is 357 g/mol. The van der Waals surface area contributed by atoms with Crippen LogP contribution in [0.2, 0.25) is 0 Å². The maximum atomic E-state index is 11.2. The van der Waals surface area contributed by atoms with Crippen molar-refractivity contribution in [3.05, 3.63) is 16.1 Å². The molecule has 5 nitrogen and oxygen atoms in total. The standard InChI is InChI=1S/C15H17BrO5/c1-19-13-9(16)7-10-14(21-6-2-5-20-10)12(13)15(3-4-15)8-11(17)18/h7H,2-6,8H2,1H3,(H,17,18). The third kappa shape index (κ3) is 2.57. The van der Waals surface area contributed by atoms with Crippen LogP contribution in [0, 0.1) is 0 Å². The van der Waals surface area contributed by atoms with Crippen molar-refractivity contribution < 1.29 is 24.1 Å². The molecule has 0 amide bonds. The van der Waals surface area contributed by atoms with Crippen LogP contribution in [0.4, 0.5) is 0 Å². The lowest BCUT2D eigenvalue weighted by Crippen LogP contribution is -2.16. The predicted molar refractivity (Wildman–Crippen MR) is 79.5 cm³/mol. The second-order valence-electron chi connectivity index (χ2n) is 5.50. The van der Waals surface area contributed by atoms with Crippen LogP contribution in [-0.4, -0.2) is 31.4 Å². The second-order valence-corrected chi connectivity index (χ2v) is 6.35. The highest BCUT2D eigenvalue weighted by molar-refractivity contribution is 9.10. The first-order valence-corrected chi connectivity index (χ1v) is 7.75. The Morgan fingerprint density at radius 2 is 2.14 bits per heavy atom. The van der Waals surface area contributed by atoms with Gasteiger partial charge >= 0.3 is 5.97 Å². The number of aliphatic carboxylic acids is 1. The highest BCUT2D eigenvalue weighted by Gasteiger charge is 2.51. The number of rotatable bonds is 4. The number of carboxylic acid groups (broad SMARTS) is 1. The van der Waals surface area contributed by atoms with Gasteiger partial charge in [0.15, 0.2) is 11.5 Å². The quantitative estimate of drug-likeness (QED) is 0.897. The molecule has 1 aromatic rings. The lowest BCUT2D eigenvalue weighted by molar-refractivity contribution is -0.137. The lowest BCUT2D eigenvalue weighted by atomic mass is 9.90. The summed E-state index contributed by atoms with van der Waals surface area (Å²) in [4.78, 5) is 11.2. The molecule has 0 atom stereocenters. The number of methoxy groups -OCH3 is 1. The van der Waals surface area contributed by atoms with E-state index in [1.807, 2.05) is 6.07 Å². The van der Waals surface area contributed by atoms with E-state index in [0.29, 0.717) is 30.5 Å². The highest BCUT2D eigenvalue weighted by atomic mass is 79.9. The molecule has 2 aliphatic rings. The molecule has 1 aliphatic heterocycles. The number of benzene rings is 1. The molecule has 114 valence electrons. The van der Waals surface area contributed by atoms with Crippen LogP contribution >= 0.6 is 15.9 Å². The molecule has 1 aromatic carbocycles. The molecule has 1 aliphatic carbocycles. The monoisotopic (exact) mass is 356 g/mol. The van der Waals surface area contributed by atoms with Gasteiger partial charge in [0, 0.05) is 23.5 Å². The van der Waals surface area contributed by atoms with Gasteiger partial charge < -0.3 is 19.3 Å². The van der Waals surface area contributed by atoms with E-state index in [-0.39, 0.29) is 6.42 Å². The zero-order valence-corrected chi connectivity index (χ0v) is 13.4. The number of ether oxygens (including phenoxy) is 3. The maximum Gasteiger partial charge on any atom is 0.304 e. The number of halogens is 1. The number of carbonyl (C=O) groups is 1. The van der Waals surface area contributed by atoms with Crippen molar-refractivity contribution in [2.45, 2.75) is 31.1 Å². The molecule has 1 saturated carbocycles. The molecule has 0 radical (unpaired) electrons. The summed E-state index contributed by atoms with van der Waals surface area (Å²) in [6, 6.07) is 1.83. The van der Waals surface area contributed by atoms with Crippen LogP contribution in [0.25, 0.3) is 0 Å². The first-order chi connectivity index (χ1) is 10.1. The highest BCUT2D eigenvalue weighted by Crippen LogP contribution is 2.60. The fourth-order valence-electron chi connectivity index (χ4n) is 2.89. The molecular weight excluding hydrogens is 340 g/mol. The van der Waals surface area contributed by atoms with Gasteiger partial charge in [0.25, 0.3) is 0 Å². The minimum absolute atomic E-state index is 0.0790. The molecule has 1 N–H and O–H groups in total. The molecule has 0 aromatic heterocycles. The number of hydrogen-bond donors (Lipinski definition) is 1. The summed E-state index contributed by atoms with van der Waals surface area (Å²) < 4.78 is 17.9. The van der Waals surface area contributed by atoms with Crippen molar-refractivity contribution in [2.24, 2.45) is 0 Å². The zero-order valence-electron chi connectivity index (χ0n) is 11.8. The Hall–Kier alpha value is -1.43. The summed E-state index contributed by atoms with van der Waals surface area (Å²) >= 11 is 3.49. The molecule has 21 heavy (non-hydrogen) atoms. The Morgan fingerprint density at radius 1 is 1.43 bits per heavy atom. The van der Waals surface area contributed by atoms with Crippen LogP contribution in [0.15, 0.2) is 10.5 Å². The van der Waals surface area contributed by atoms with Crippen LogP contribution in [-0.2, 0) is 10.2 Å². The number of hydrogen-bond acceptors (Lipinski definition) is 4. The average Bonchev–Trinajstić information content (AvgIpc) is 3.21. The van der Waals surface area contributed by atoms with Gasteiger partial charge in [-0.25, -0.2) is 0 Å². The molecule has 6 heteroatoms. The lowest BCUT2D eigenvalue weighted by Gasteiger charge is -2.23. The Labute approximate surface area is 131 Å². The topological polar surface area (TPSA) is 65.0 Å². The summed E-state index contributed by atoms with van der Waals surface area (Å²) in [5.74, 6) is 1.15. The van der Waals surface area contributed by atoms with Gasteiger partial charge in [-0.15, -0.1) is 0 Å². The first-order valence-electron chi connectivity index (χ1n) is 6.96. The van der Waals surface area contributed by atoms with Crippen molar-refractivity contribution in [2.75, 3.05) is 20.3 Å². The van der Waals surface area contributed by atoms with E-state index >= 15 is 0 Å². The SMILES string of the molecule is COc1c(Br)cc2c(c1C1(CC(=O)O)CC1)OCCCO2. The Bertz CT molecular complexity index is 580. The maximum absolute atomic E-state index is 11.2. The smallest absolute Gasteiger partial charge is 0.304 e. The summed E-state index contributed by atoms with van der Waals surface area (Å²) in [5.41, 5.74) is 0.428. The van der Waals surface area contributed by atoms with Crippen LogP contribution in [0.3, 0.4) is 0 Å². The Morgan fingerprint density at radius 3 is 2.76 bits per heavy atom.